The van der Waals surface area contributed by atoms with Crippen molar-refractivity contribution in [1.82, 2.24) is 4.90 Å². The van der Waals surface area contributed by atoms with E-state index in [4.69, 9.17) is 0 Å². The monoisotopic (exact) mass is 451 g/mol. The van der Waals surface area contributed by atoms with Gasteiger partial charge in [-0.15, -0.1) is 0 Å². The number of anilines is 1. The Morgan fingerprint density at radius 2 is 1.86 bits per heavy atom. The first kappa shape index (κ1) is 19.8. The number of nitriles is 1. The number of piperidine rings is 1. The minimum Gasteiger partial charge on any atom is -0.308 e. The fourth-order valence-electron chi connectivity index (χ4n) is 5.18. The van der Waals surface area contributed by atoms with Crippen molar-refractivity contribution < 1.29 is 13.6 Å². The van der Waals surface area contributed by atoms with Gasteiger partial charge in [0.25, 0.3) is 6.43 Å². The second kappa shape index (κ2) is 6.77. The third-order valence-corrected chi connectivity index (χ3v) is 7.13. The summed E-state index contributed by atoms with van der Waals surface area (Å²) in [5.41, 5.74) is -0.640. The van der Waals surface area contributed by atoms with Crippen LogP contribution in [0.2, 0.25) is 0 Å². The number of rotatable bonds is 3. The molecule has 4 rings (SSSR count). The summed E-state index contributed by atoms with van der Waals surface area (Å²) in [4.78, 5) is 17.2. The molecule has 28 heavy (non-hydrogen) atoms. The highest BCUT2D eigenvalue weighted by atomic mass is 79.9. The van der Waals surface area contributed by atoms with E-state index in [1.807, 2.05) is 0 Å². The summed E-state index contributed by atoms with van der Waals surface area (Å²) in [6, 6.07) is 5.54. The maximum absolute atomic E-state index is 13.7. The first-order valence-electron chi connectivity index (χ1n) is 9.83. The Kier molecular flexibility index (Phi) is 4.79. The average Bonchev–Trinajstić information content (AvgIpc) is 2.82. The Labute approximate surface area is 172 Å². The lowest BCUT2D eigenvalue weighted by Crippen LogP contribution is -2.64. The van der Waals surface area contributed by atoms with E-state index >= 15 is 0 Å². The maximum Gasteiger partial charge on any atom is 0.264 e. The van der Waals surface area contributed by atoms with Crippen LogP contribution in [0, 0.1) is 11.3 Å². The number of hydrogen-bond donors (Lipinski definition) is 0. The van der Waals surface area contributed by atoms with Crippen molar-refractivity contribution in [1.29, 1.82) is 5.26 Å². The Hall–Kier alpha value is -1.52. The highest BCUT2D eigenvalue weighted by Crippen LogP contribution is 2.52. The molecular weight excluding hydrogens is 428 g/mol. The van der Waals surface area contributed by atoms with Crippen LogP contribution in [0.4, 0.5) is 14.5 Å². The second-order valence-electron chi connectivity index (χ2n) is 8.74. The molecule has 0 spiro atoms. The third kappa shape index (κ3) is 2.80. The minimum absolute atomic E-state index is 0.0906. The zero-order valence-electron chi connectivity index (χ0n) is 16.1. The standard InChI is InChI=1S/C21H24BrF2N3O/c1-20(2)17-15(18(23)24)8-13(22)9-16(17)27(19(20)28)14-10-21(11-14,12-25)26-6-4-3-5-7-26/h8-9,14,18H,3-7,10-11H2,1-2H3/t14-,21+. The van der Waals surface area contributed by atoms with Crippen LogP contribution in [0.25, 0.3) is 0 Å². The Morgan fingerprint density at radius 1 is 1.21 bits per heavy atom. The summed E-state index contributed by atoms with van der Waals surface area (Å²) in [6.45, 7) is 5.26. The fourth-order valence-corrected chi connectivity index (χ4v) is 5.64. The summed E-state index contributed by atoms with van der Waals surface area (Å²) in [7, 11) is 0. The van der Waals surface area contributed by atoms with Crippen molar-refractivity contribution in [2.45, 2.75) is 69.4 Å². The molecule has 1 aliphatic carbocycles. The quantitative estimate of drug-likeness (QED) is 0.654. The van der Waals surface area contributed by atoms with Crippen molar-refractivity contribution in [3.05, 3.63) is 27.7 Å². The molecule has 0 bridgehead atoms. The molecule has 0 N–H and O–H groups in total. The molecule has 150 valence electrons. The van der Waals surface area contributed by atoms with Crippen molar-refractivity contribution in [3.8, 4) is 6.07 Å². The van der Waals surface area contributed by atoms with Crippen LogP contribution in [0.15, 0.2) is 16.6 Å². The van der Waals surface area contributed by atoms with Gasteiger partial charge in [-0.25, -0.2) is 8.78 Å². The van der Waals surface area contributed by atoms with Crippen molar-refractivity contribution in [3.63, 3.8) is 0 Å². The summed E-state index contributed by atoms with van der Waals surface area (Å²) in [5.74, 6) is -0.155. The highest BCUT2D eigenvalue weighted by molar-refractivity contribution is 9.10. The molecule has 0 aromatic heterocycles. The first-order valence-corrected chi connectivity index (χ1v) is 10.6. The van der Waals surface area contributed by atoms with E-state index in [1.54, 1.807) is 24.8 Å². The summed E-state index contributed by atoms with van der Waals surface area (Å²) in [5, 5.41) is 9.87. The summed E-state index contributed by atoms with van der Waals surface area (Å²) >= 11 is 3.32. The van der Waals surface area contributed by atoms with Gasteiger partial charge in [-0.1, -0.05) is 22.4 Å². The van der Waals surface area contributed by atoms with Crippen LogP contribution in [0.3, 0.4) is 0 Å². The topological polar surface area (TPSA) is 47.3 Å². The van der Waals surface area contributed by atoms with Gasteiger partial charge in [0, 0.05) is 34.6 Å². The number of nitrogens with zero attached hydrogens (tertiary/aromatic N) is 3. The molecule has 1 saturated carbocycles. The van der Waals surface area contributed by atoms with Gasteiger partial charge in [0.1, 0.15) is 5.54 Å². The van der Waals surface area contributed by atoms with Gasteiger partial charge < -0.3 is 4.90 Å². The smallest absolute Gasteiger partial charge is 0.264 e. The van der Waals surface area contributed by atoms with Crippen LogP contribution in [0.1, 0.15) is 63.5 Å². The molecule has 2 aliphatic heterocycles. The van der Waals surface area contributed by atoms with Gasteiger partial charge in [-0.3, -0.25) is 9.69 Å². The second-order valence-corrected chi connectivity index (χ2v) is 9.66. The van der Waals surface area contributed by atoms with E-state index in [0.717, 1.165) is 25.9 Å². The summed E-state index contributed by atoms with van der Waals surface area (Å²) < 4.78 is 28.0. The van der Waals surface area contributed by atoms with Gasteiger partial charge >= 0.3 is 0 Å². The molecule has 2 heterocycles. The largest absolute Gasteiger partial charge is 0.308 e. The lowest BCUT2D eigenvalue weighted by molar-refractivity contribution is -0.123. The number of alkyl halides is 2. The molecule has 0 unspecified atom stereocenters. The Morgan fingerprint density at radius 3 is 2.43 bits per heavy atom. The normalized spacial score (nSPS) is 29.5. The van der Waals surface area contributed by atoms with Crippen LogP contribution in [-0.4, -0.2) is 35.5 Å². The predicted molar refractivity (Wildman–Crippen MR) is 106 cm³/mol. The molecule has 7 heteroatoms. The molecule has 0 atom stereocenters. The number of halogens is 3. The molecule has 2 fully saturated rings. The zero-order valence-corrected chi connectivity index (χ0v) is 17.7. The number of benzene rings is 1. The maximum atomic E-state index is 13.7. The molecule has 1 amide bonds. The molecule has 1 saturated heterocycles. The molecular formula is C21H24BrF2N3O. The lowest BCUT2D eigenvalue weighted by atomic mass is 9.70. The van der Waals surface area contributed by atoms with Crippen LogP contribution < -0.4 is 4.90 Å². The van der Waals surface area contributed by atoms with E-state index in [0.29, 0.717) is 28.6 Å². The van der Waals surface area contributed by atoms with E-state index < -0.39 is 17.4 Å². The van der Waals surface area contributed by atoms with E-state index in [1.165, 1.54) is 12.5 Å². The SMILES string of the molecule is CC1(C)C(=O)N([C@H]2C[C@@](C#N)(N3CCCCC3)C2)c2cc(Br)cc(C(F)F)c21. The lowest BCUT2D eigenvalue weighted by Gasteiger charge is -2.53. The predicted octanol–water partition coefficient (Wildman–Crippen LogP) is 4.92. The summed E-state index contributed by atoms with van der Waals surface area (Å²) in [6.07, 6.45) is 1.88. The Balaban J connectivity index is 1.68. The third-order valence-electron chi connectivity index (χ3n) is 6.67. The number of carbonyl (C=O) groups excluding carboxylic acids is 1. The van der Waals surface area contributed by atoms with Gasteiger partial charge in [0.05, 0.1) is 11.5 Å². The highest BCUT2D eigenvalue weighted by Gasteiger charge is 2.57. The average molecular weight is 452 g/mol. The molecule has 1 aromatic carbocycles. The number of hydrogen-bond acceptors (Lipinski definition) is 3. The van der Waals surface area contributed by atoms with E-state index in [2.05, 4.69) is 26.9 Å². The Bertz CT molecular complexity index is 852. The van der Waals surface area contributed by atoms with Crippen LogP contribution in [-0.2, 0) is 10.2 Å². The van der Waals surface area contributed by atoms with Crippen molar-refractivity contribution in [2.75, 3.05) is 18.0 Å². The molecule has 4 nitrogen and oxygen atoms in total. The molecule has 0 radical (unpaired) electrons. The van der Waals surface area contributed by atoms with Gasteiger partial charge in [0.2, 0.25) is 5.91 Å². The van der Waals surface area contributed by atoms with Gasteiger partial charge in [-0.2, -0.15) is 5.26 Å². The number of amides is 1. The minimum atomic E-state index is -2.65. The number of fused-ring (bicyclic) bond motifs is 1. The van der Waals surface area contributed by atoms with Crippen LogP contribution >= 0.6 is 15.9 Å². The van der Waals surface area contributed by atoms with Crippen molar-refractivity contribution in [2.24, 2.45) is 0 Å². The first-order chi connectivity index (χ1) is 13.2. The number of likely N-dealkylation sites (tertiary alicyclic amines) is 1. The zero-order chi connectivity index (χ0) is 20.3. The molecule has 1 aromatic rings. The van der Waals surface area contributed by atoms with E-state index in [9.17, 15) is 18.8 Å². The van der Waals surface area contributed by atoms with Crippen molar-refractivity contribution >= 4 is 27.5 Å². The van der Waals surface area contributed by atoms with Gasteiger partial charge in [0.15, 0.2) is 0 Å². The van der Waals surface area contributed by atoms with E-state index in [-0.39, 0.29) is 17.5 Å². The number of carbonyl (C=O) groups is 1. The fraction of sp³-hybridized carbons (Fsp3) is 0.619. The molecule has 3 aliphatic rings. The van der Waals surface area contributed by atoms with Crippen LogP contribution in [0.5, 0.6) is 0 Å². The van der Waals surface area contributed by atoms with Gasteiger partial charge in [-0.05, 0) is 57.5 Å².